The van der Waals surface area contributed by atoms with Crippen LogP contribution in [0.15, 0.2) is 57.9 Å². The van der Waals surface area contributed by atoms with Gasteiger partial charge < -0.3 is 4.98 Å². The monoisotopic (exact) mass is 379 g/mol. The van der Waals surface area contributed by atoms with Crippen LogP contribution in [-0.4, -0.2) is 9.19 Å². The predicted molar refractivity (Wildman–Crippen MR) is 94.4 cm³/mol. The first kappa shape index (κ1) is 17.1. The first-order chi connectivity index (χ1) is 12.1. The average molecular weight is 379 g/mol. The van der Waals surface area contributed by atoms with E-state index < -0.39 is 27.2 Å². The maximum atomic E-state index is 13.5. The van der Waals surface area contributed by atoms with E-state index in [9.17, 15) is 17.4 Å². The number of nitrogens with zero attached hydrogens (tertiary/aromatic N) is 1. The summed E-state index contributed by atoms with van der Waals surface area (Å²) in [6.45, 7) is 3.40. The summed E-state index contributed by atoms with van der Waals surface area (Å²) in [6, 6.07) is 10.7. The van der Waals surface area contributed by atoms with Crippen LogP contribution in [0.2, 0.25) is 0 Å². The van der Waals surface area contributed by atoms with E-state index >= 15 is 0 Å². The molecule has 0 bridgehead atoms. The van der Waals surface area contributed by atoms with Gasteiger partial charge in [-0.3, -0.25) is 0 Å². The Hall–Kier alpha value is -2.32. The molecule has 2 N–H and O–H groups in total. The van der Waals surface area contributed by atoms with E-state index in [0.29, 0.717) is 16.1 Å². The Bertz CT molecular complexity index is 1140. The molecule has 0 amide bonds. The molecule has 3 aromatic rings. The number of halogens is 3. The van der Waals surface area contributed by atoms with Crippen molar-refractivity contribution in [2.45, 2.75) is 30.5 Å². The highest BCUT2D eigenvalue weighted by atomic mass is 32.2. The molecule has 0 spiro atoms. The van der Waals surface area contributed by atoms with Gasteiger partial charge in [-0.2, -0.15) is 17.5 Å². The van der Waals surface area contributed by atoms with Crippen LogP contribution >= 0.6 is 0 Å². The summed E-state index contributed by atoms with van der Waals surface area (Å²) in [5.41, 5.74) is 0.0344. The number of aromatic amines is 1. The van der Waals surface area contributed by atoms with Gasteiger partial charge >= 0.3 is 6.18 Å². The van der Waals surface area contributed by atoms with Crippen LogP contribution in [0.4, 0.5) is 18.9 Å². The van der Waals surface area contributed by atoms with Crippen LogP contribution in [0.3, 0.4) is 0 Å². The molecule has 0 aliphatic carbocycles. The lowest BCUT2D eigenvalue weighted by Gasteiger charge is -2.19. The van der Waals surface area contributed by atoms with Crippen molar-refractivity contribution in [1.29, 1.82) is 0 Å². The number of fused-ring (bicyclic) bond motifs is 2. The molecule has 0 saturated heterocycles. The summed E-state index contributed by atoms with van der Waals surface area (Å²) < 4.78 is 60.1. The van der Waals surface area contributed by atoms with Crippen LogP contribution in [0.1, 0.15) is 25.0 Å². The van der Waals surface area contributed by atoms with Crippen LogP contribution < -0.4 is 4.72 Å². The summed E-state index contributed by atoms with van der Waals surface area (Å²) >= 11 is 0. The molecule has 2 aromatic carbocycles. The third-order valence-electron chi connectivity index (χ3n) is 4.47. The average Bonchev–Trinajstić information content (AvgIpc) is 3.04. The van der Waals surface area contributed by atoms with Gasteiger partial charge in [0.05, 0.1) is 21.7 Å². The van der Waals surface area contributed by atoms with Crippen molar-refractivity contribution < 1.29 is 17.4 Å². The molecule has 2 heterocycles. The van der Waals surface area contributed by atoms with Gasteiger partial charge in [-0.15, -0.1) is 0 Å². The van der Waals surface area contributed by atoms with Gasteiger partial charge in [-0.1, -0.05) is 18.2 Å². The minimum Gasteiger partial charge on any atom is -0.359 e. The predicted octanol–water partition coefficient (Wildman–Crippen LogP) is 5.10. The minimum absolute atomic E-state index is 0.292. The SMILES string of the molecule is CC1(C)NS(=O)(=Nc2c[nH]c3ccccc23)c2ccc(C(F)(F)F)cc21. The van der Waals surface area contributed by atoms with Gasteiger partial charge in [0.2, 0.25) is 0 Å². The number of H-pyrrole nitrogens is 1. The number of nitrogens with one attached hydrogen (secondary N) is 2. The largest absolute Gasteiger partial charge is 0.416 e. The zero-order chi connectivity index (χ0) is 18.7. The molecular formula is C18H16F3N3OS. The zero-order valence-electron chi connectivity index (χ0n) is 14.0. The van der Waals surface area contributed by atoms with Gasteiger partial charge in [0.15, 0.2) is 0 Å². The molecule has 26 heavy (non-hydrogen) atoms. The maximum Gasteiger partial charge on any atom is 0.416 e. The Morgan fingerprint density at radius 1 is 1.12 bits per heavy atom. The van der Waals surface area contributed by atoms with Crippen molar-refractivity contribution in [3.8, 4) is 0 Å². The second kappa shape index (κ2) is 5.34. The molecular weight excluding hydrogens is 363 g/mol. The first-order valence-corrected chi connectivity index (χ1v) is 9.46. The molecule has 1 unspecified atom stereocenters. The highest BCUT2D eigenvalue weighted by Gasteiger charge is 2.41. The number of hydrogen-bond acceptors (Lipinski definition) is 2. The number of benzene rings is 2. The van der Waals surface area contributed by atoms with Crippen molar-refractivity contribution >= 4 is 26.5 Å². The summed E-state index contributed by atoms with van der Waals surface area (Å²) in [5.74, 6) is 0. The normalized spacial score (nSPS) is 21.7. The van der Waals surface area contributed by atoms with Crippen LogP contribution in [0.5, 0.6) is 0 Å². The Morgan fingerprint density at radius 3 is 2.58 bits per heavy atom. The number of alkyl halides is 3. The van der Waals surface area contributed by atoms with Crippen molar-refractivity contribution in [3.05, 3.63) is 59.8 Å². The van der Waals surface area contributed by atoms with Crippen LogP contribution in [0, 0.1) is 0 Å². The Labute approximate surface area is 148 Å². The zero-order valence-corrected chi connectivity index (χ0v) is 14.8. The van der Waals surface area contributed by atoms with Gasteiger partial charge in [-0.05, 0) is 43.7 Å². The standard InChI is InChI=1S/C18H16F3N3OS/c1-17(2)13-9-11(18(19,20)21)7-8-16(13)26(25,24-17)23-15-10-22-14-6-4-3-5-12(14)15/h3-10,22H,1-2H3,(H,23,24,25). The summed E-state index contributed by atoms with van der Waals surface area (Å²) in [6.07, 6.45) is -2.81. The van der Waals surface area contributed by atoms with Gasteiger partial charge in [0.1, 0.15) is 9.92 Å². The molecule has 136 valence electrons. The Kier molecular flexibility index (Phi) is 3.51. The lowest BCUT2D eigenvalue weighted by atomic mass is 9.94. The topological polar surface area (TPSA) is 57.2 Å². The maximum absolute atomic E-state index is 13.5. The highest BCUT2D eigenvalue weighted by Crippen LogP contribution is 2.41. The Balaban J connectivity index is 1.93. The first-order valence-electron chi connectivity index (χ1n) is 7.94. The fourth-order valence-corrected chi connectivity index (χ4v) is 5.58. The van der Waals surface area contributed by atoms with Crippen molar-refractivity contribution in [2.24, 2.45) is 4.36 Å². The second-order valence-corrected chi connectivity index (χ2v) is 8.65. The van der Waals surface area contributed by atoms with E-state index in [1.165, 1.54) is 6.07 Å². The number of para-hydroxylation sites is 1. The molecule has 8 heteroatoms. The third kappa shape index (κ3) is 2.60. The number of rotatable bonds is 1. The minimum atomic E-state index is -4.46. The molecule has 4 rings (SSSR count). The molecule has 1 aliphatic heterocycles. The van der Waals surface area contributed by atoms with Crippen LogP contribution in [0.25, 0.3) is 10.9 Å². The fraction of sp³-hybridized carbons (Fsp3) is 0.222. The summed E-state index contributed by atoms with van der Waals surface area (Å²) in [4.78, 5) is 3.35. The molecule has 4 nitrogen and oxygen atoms in total. The van der Waals surface area contributed by atoms with E-state index in [0.717, 1.165) is 23.0 Å². The van der Waals surface area contributed by atoms with E-state index in [-0.39, 0.29) is 0 Å². The van der Waals surface area contributed by atoms with Gasteiger partial charge in [-0.25, -0.2) is 8.93 Å². The van der Waals surface area contributed by atoms with E-state index in [4.69, 9.17) is 0 Å². The van der Waals surface area contributed by atoms with Crippen LogP contribution in [-0.2, 0) is 21.6 Å². The van der Waals surface area contributed by atoms with Crippen molar-refractivity contribution in [1.82, 2.24) is 9.71 Å². The lowest BCUT2D eigenvalue weighted by Crippen LogP contribution is -2.32. The molecule has 0 fully saturated rings. The number of aromatic nitrogens is 1. The summed E-state index contributed by atoms with van der Waals surface area (Å²) in [7, 11) is -3.11. The van der Waals surface area contributed by atoms with E-state index in [1.807, 2.05) is 24.3 Å². The van der Waals surface area contributed by atoms with Crippen molar-refractivity contribution in [3.63, 3.8) is 0 Å². The lowest BCUT2D eigenvalue weighted by molar-refractivity contribution is -0.137. The van der Waals surface area contributed by atoms with Gasteiger partial charge in [0.25, 0.3) is 0 Å². The molecule has 0 saturated carbocycles. The fourth-order valence-electron chi connectivity index (χ4n) is 3.23. The Morgan fingerprint density at radius 2 is 1.85 bits per heavy atom. The smallest absolute Gasteiger partial charge is 0.359 e. The molecule has 1 atom stereocenters. The van der Waals surface area contributed by atoms with Crippen molar-refractivity contribution in [2.75, 3.05) is 0 Å². The summed E-state index contributed by atoms with van der Waals surface area (Å²) in [5, 5.41) is 0.801. The molecule has 1 aliphatic rings. The highest BCUT2D eigenvalue weighted by molar-refractivity contribution is 7.92. The van der Waals surface area contributed by atoms with E-state index in [1.54, 1.807) is 20.0 Å². The number of hydrogen-bond donors (Lipinski definition) is 2. The quantitative estimate of drug-likeness (QED) is 0.607. The third-order valence-corrected chi connectivity index (χ3v) is 6.66. The van der Waals surface area contributed by atoms with Gasteiger partial charge in [0, 0.05) is 17.1 Å². The van der Waals surface area contributed by atoms with E-state index in [2.05, 4.69) is 14.1 Å². The second-order valence-electron chi connectivity index (χ2n) is 6.77. The molecule has 1 aromatic heterocycles. The molecule has 0 radical (unpaired) electrons.